The highest BCUT2D eigenvalue weighted by molar-refractivity contribution is 5.67. The van der Waals surface area contributed by atoms with Crippen molar-refractivity contribution in [3.63, 3.8) is 0 Å². The van der Waals surface area contributed by atoms with Gasteiger partial charge in [0.25, 0.3) is 0 Å². The van der Waals surface area contributed by atoms with Crippen LogP contribution >= 0.6 is 0 Å². The van der Waals surface area contributed by atoms with E-state index in [-0.39, 0.29) is 0 Å². The highest BCUT2D eigenvalue weighted by Crippen LogP contribution is 2.37. The molecule has 0 rings (SSSR count). The van der Waals surface area contributed by atoms with Crippen LogP contribution in [0.15, 0.2) is 0 Å². The minimum Gasteiger partial charge on any atom is -0.481 e. The summed E-state index contributed by atoms with van der Waals surface area (Å²) >= 11 is 0. The van der Waals surface area contributed by atoms with Crippen molar-refractivity contribution in [2.24, 2.45) is 23.7 Å². The van der Waals surface area contributed by atoms with E-state index in [0.717, 1.165) is 43.9 Å². The summed E-state index contributed by atoms with van der Waals surface area (Å²) < 4.78 is 0. The van der Waals surface area contributed by atoms with Crippen LogP contribution in [0.4, 0.5) is 0 Å². The van der Waals surface area contributed by atoms with Gasteiger partial charge in [0.1, 0.15) is 0 Å². The third-order valence-electron chi connectivity index (χ3n) is 8.18. The molecule has 0 spiro atoms. The van der Waals surface area contributed by atoms with Crippen molar-refractivity contribution >= 4 is 11.9 Å². The Morgan fingerprint density at radius 2 is 1.00 bits per heavy atom. The first kappa shape index (κ1) is 33.9. The van der Waals surface area contributed by atoms with Crippen molar-refractivity contribution in [3.05, 3.63) is 0 Å². The molecule has 4 nitrogen and oxygen atoms in total. The normalized spacial score (nSPS) is 15.0. The molecule has 0 aliphatic heterocycles. The van der Waals surface area contributed by atoms with Gasteiger partial charge in [-0.1, -0.05) is 124 Å². The summed E-state index contributed by atoms with van der Waals surface area (Å²) in [6.45, 7) is 9.18. The lowest BCUT2D eigenvalue weighted by Crippen LogP contribution is -2.24. The fraction of sp³-hybridized carbons (Fsp3) is 0.935. The second-order valence-electron chi connectivity index (χ2n) is 11.2. The molecule has 208 valence electrons. The first-order valence-electron chi connectivity index (χ1n) is 15.3. The monoisotopic (exact) mass is 496 g/mol. The summed E-state index contributed by atoms with van der Waals surface area (Å²) in [7, 11) is 0. The molecule has 3 unspecified atom stereocenters. The van der Waals surface area contributed by atoms with Crippen LogP contribution in [0.2, 0.25) is 0 Å². The topological polar surface area (TPSA) is 74.6 Å². The zero-order valence-electron chi connectivity index (χ0n) is 23.9. The largest absolute Gasteiger partial charge is 0.481 e. The van der Waals surface area contributed by atoms with E-state index in [1.165, 1.54) is 89.9 Å². The fourth-order valence-corrected chi connectivity index (χ4v) is 5.77. The van der Waals surface area contributed by atoms with Gasteiger partial charge in [-0.15, -0.1) is 0 Å². The molecule has 0 aromatic carbocycles. The Kier molecular flexibility index (Phi) is 22.6. The van der Waals surface area contributed by atoms with Gasteiger partial charge in [-0.25, -0.2) is 0 Å². The maximum absolute atomic E-state index is 11.8. The van der Waals surface area contributed by atoms with Gasteiger partial charge in [-0.2, -0.15) is 0 Å². The van der Waals surface area contributed by atoms with Crippen molar-refractivity contribution in [1.82, 2.24) is 0 Å². The molecule has 0 radical (unpaired) electrons. The SMILES string of the molecule is CCCCC(CC)CC(CC(CC)CCCC)C(CCCCCCCCCCC(=O)O)CC(=O)O. The summed E-state index contributed by atoms with van der Waals surface area (Å²) in [5, 5.41) is 18.5. The smallest absolute Gasteiger partial charge is 0.303 e. The second-order valence-corrected chi connectivity index (χ2v) is 11.2. The Labute approximate surface area is 218 Å². The van der Waals surface area contributed by atoms with Gasteiger partial charge in [-0.3, -0.25) is 9.59 Å². The zero-order valence-corrected chi connectivity index (χ0v) is 23.9. The Morgan fingerprint density at radius 1 is 0.543 bits per heavy atom. The molecule has 0 amide bonds. The fourth-order valence-electron chi connectivity index (χ4n) is 5.77. The quantitative estimate of drug-likeness (QED) is 0.117. The summed E-state index contributed by atoms with van der Waals surface area (Å²) in [5.74, 6) is 1.02. The van der Waals surface area contributed by atoms with Crippen molar-refractivity contribution in [2.45, 2.75) is 163 Å². The van der Waals surface area contributed by atoms with Gasteiger partial charge in [0.05, 0.1) is 0 Å². The summed E-state index contributed by atoms with van der Waals surface area (Å²) in [4.78, 5) is 22.4. The average Bonchev–Trinajstić information content (AvgIpc) is 2.83. The molecule has 0 heterocycles. The van der Waals surface area contributed by atoms with Crippen molar-refractivity contribution in [1.29, 1.82) is 0 Å². The lowest BCUT2D eigenvalue weighted by Gasteiger charge is -2.32. The summed E-state index contributed by atoms with van der Waals surface area (Å²) in [6, 6.07) is 0. The summed E-state index contributed by atoms with van der Waals surface area (Å²) in [6.07, 6.45) is 23.1. The molecular formula is C31H60O4. The lowest BCUT2D eigenvalue weighted by molar-refractivity contribution is -0.139. The van der Waals surface area contributed by atoms with Crippen molar-refractivity contribution < 1.29 is 19.8 Å². The van der Waals surface area contributed by atoms with Crippen LogP contribution in [-0.4, -0.2) is 22.2 Å². The standard InChI is InChI=1S/C31H60O4/c1-5-9-19-26(7-3)23-29(24-27(8-4)20-10-6-2)28(25-31(34)35)21-17-15-13-11-12-14-16-18-22-30(32)33/h26-29H,5-25H2,1-4H3,(H,32,33)(H,34,35). The van der Waals surface area contributed by atoms with Gasteiger partial charge in [0, 0.05) is 12.8 Å². The number of unbranched alkanes of at least 4 members (excludes halogenated alkanes) is 9. The average molecular weight is 497 g/mol. The second kappa shape index (κ2) is 23.3. The van der Waals surface area contributed by atoms with Crippen LogP contribution in [0.25, 0.3) is 0 Å². The molecule has 0 aliphatic rings. The van der Waals surface area contributed by atoms with Crippen LogP contribution < -0.4 is 0 Å². The van der Waals surface area contributed by atoms with Crippen molar-refractivity contribution in [3.8, 4) is 0 Å². The Bertz CT molecular complexity index is 486. The molecule has 0 saturated carbocycles. The molecule has 0 aromatic heterocycles. The van der Waals surface area contributed by atoms with E-state index in [1.54, 1.807) is 0 Å². The minimum atomic E-state index is -0.689. The van der Waals surface area contributed by atoms with E-state index >= 15 is 0 Å². The van der Waals surface area contributed by atoms with Gasteiger partial charge in [0.2, 0.25) is 0 Å². The van der Waals surface area contributed by atoms with Gasteiger partial charge >= 0.3 is 11.9 Å². The highest BCUT2D eigenvalue weighted by Gasteiger charge is 2.28. The van der Waals surface area contributed by atoms with Gasteiger partial charge in [0.15, 0.2) is 0 Å². The number of hydrogen-bond acceptors (Lipinski definition) is 2. The van der Waals surface area contributed by atoms with E-state index in [4.69, 9.17) is 5.11 Å². The first-order valence-corrected chi connectivity index (χ1v) is 15.3. The highest BCUT2D eigenvalue weighted by atomic mass is 16.4. The zero-order chi connectivity index (χ0) is 26.3. The number of carbonyl (C=O) groups is 2. The Morgan fingerprint density at radius 3 is 1.40 bits per heavy atom. The van der Waals surface area contributed by atoms with Crippen LogP contribution in [0.3, 0.4) is 0 Å². The van der Waals surface area contributed by atoms with Crippen molar-refractivity contribution in [2.75, 3.05) is 0 Å². The minimum absolute atomic E-state index is 0.292. The number of aliphatic carboxylic acids is 2. The molecule has 0 fully saturated rings. The van der Waals surface area contributed by atoms with E-state index in [2.05, 4.69) is 27.7 Å². The molecule has 0 aliphatic carbocycles. The molecular weight excluding hydrogens is 436 g/mol. The summed E-state index contributed by atoms with van der Waals surface area (Å²) in [5.41, 5.74) is 0. The maximum atomic E-state index is 11.8. The first-order chi connectivity index (χ1) is 16.9. The number of hydrogen-bond donors (Lipinski definition) is 2. The van der Waals surface area contributed by atoms with Crippen LogP contribution in [0, 0.1) is 23.7 Å². The maximum Gasteiger partial charge on any atom is 0.303 e. The Balaban J connectivity index is 4.85. The predicted molar refractivity (Wildman–Crippen MR) is 149 cm³/mol. The molecule has 2 N–H and O–H groups in total. The lowest BCUT2D eigenvalue weighted by atomic mass is 9.73. The van der Waals surface area contributed by atoms with Gasteiger partial charge < -0.3 is 10.2 Å². The van der Waals surface area contributed by atoms with Crippen LogP contribution in [0.1, 0.15) is 163 Å². The van der Waals surface area contributed by atoms with E-state index < -0.39 is 11.9 Å². The van der Waals surface area contributed by atoms with E-state index in [1.807, 2.05) is 0 Å². The molecule has 0 aromatic rings. The molecule has 0 saturated heterocycles. The number of rotatable bonds is 26. The predicted octanol–water partition coefficient (Wildman–Crippen LogP) is 9.89. The van der Waals surface area contributed by atoms with E-state index in [9.17, 15) is 14.7 Å². The number of carboxylic acid groups (broad SMARTS) is 2. The molecule has 4 heteroatoms. The van der Waals surface area contributed by atoms with E-state index in [0.29, 0.717) is 24.7 Å². The Hall–Kier alpha value is -1.06. The number of carboxylic acids is 2. The molecule has 35 heavy (non-hydrogen) atoms. The third-order valence-corrected chi connectivity index (χ3v) is 8.18. The van der Waals surface area contributed by atoms with Gasteiger partial charge in [-0.05, 0) is 49.4 Å². The van der Waals surface area contributed by atoms with Crippen LogP contribution in [-0.2, 0) is 9.59 Å². The molecule has 0 bridgehead atoms. The van der Waals surface area contributed by atoms with Crippen LogP contribution in [0.5, 0.6) is 0 Å². The third kappa shape index (κ3) is 19.8. The molecule has 3 atom stereocenters.